The molecule has 20 heavy (non-hydrogen) atoms. The Hall–Kier alpha value is -1.93. The molecule has 0 aliphatic heterocycles. The zero-order chi connectivity index (χ0) is 14.8. The number of aromatic nitrogens is 1. The highest BCUT2D eigenvalue weighted by atomic mass is 32.2. The van der Waals surface area contributed by atoms with E-state index in [1.54, 1.807) is 24.4 Å². The van der Waals surface area contributed by atoms with Gasteiger partial charge in [0.2, 0.25) is 10.0 Å². The summed E-state index contributed by atoms with van der Waals surface area (Å²) < 4.78 is 24.9. The predicted molar refractivity (Wildman–Crippen MR) is 79.7 cm³/mol. The first kappa shape index (κ1) is 14.5. The molecule has 106 valence electrons. The number of carbonyl (C=O) groups excluding carboxylic acids is 1. The molecule has 0 unspecified atom stereocenters. The van der Waals surface area contributed by atoms with Crippen LogP contribution in [0.1, 0.15) is 15.2 Å². The molecule has 1 aromatic heterocycles. The molecule has 2 aromatic rings. The first-order chi connectivity index (χ1) is 9.35. The Bertz CT molecular complexity index is 738. The lowest BCUT2D eigenvalue weighted by molar-refractivity contribution is 0.102. The van der Waals surface area contributed by atoms with Crippen LogP contribution in [0.3, 0.4) is 0 Å². The number of carbonyl (C=O) groups is 1. The van der Waals surface area contributed by atoms with Crippen LogP contribution >= 0.6 is 11.3 Å². The summed E-state index contributed by atoms with van der Waals surface area (Å²) in [7, 11) is -3.44. The van der Waals surface area contributed by atoms with Crippen LogP contribution in [0.15, 0.2) is 30.5 Å². The van der Waals surface area contributed by atoms with Gasteiger partial charge in [0.05, 0.1) is 17.5 Å². The van der Waals surface area contributed by atoms with Gasteiger partial charge >= 0.3 is 0 Å². The highest BCUT2D eigenvalue weighted by Gasteiger charge is 2.14. The fourth-order valence-corrected chi connectivity index (χ4v) is 2.78. The Labute approximate surface area is 120 Å². The van der Waals surface area contributed by atoms with Gasteiger partial charge in [0.1, 0.15) is 0 Å². The third-order valence-corrected chi connectivity index (χ3v) is 3.73. The van der Waals surface area contributed by atoms with Crippen molar-refractivity contribution in [1.82, 2.24) is 4.98 Å². The van der Waals surface area contributed by atoms with Crippen LogP contribution in [0, 0.1) is 6.92 Å². The normalized spacial score (nSPS) is 11.1. The molecule has 0 spiro atoms. The van der Waals surface area contributed by atoms with Crippen molar-refractivity contribution in [3.63, 3.8) is 0 Å². The summed E-state index contributed by atoms with van der Waals surface area (Å²) in [5.41, 5.74) is 0.478. The lowest BCUT2D eigenvalue weighted by Gasteiger charge is -2.09. The van der Waals surface area contributed by atoms with Crippen LogP contribution in [0.4, 0.5) is 10.8 Å². The lowest BCUT2D eigenvalue weighted by atomic mass is 10.2. The highest BCUT2D eigenvalue weighted by Crippen LogP contribution is 2.21. The van der Waals surface area contributed by atoms with E-state index in [4.69, 9.17) is 0 Å². The van der Waals surface area contributed by atoms with Crippen molar-refractivity contribution in [1.29, 1.82) is 0 Å². The quantitative estimate of drug-likeness (QED) is 0.905. The Morgan fingerprint density at radius 2 is 2.00 bits per heavy atom. The Balaban J connectivity index is 2.25. The second kappa shape index (κ2) is 5.59. The number of hydrogen-bond donors (Lipinski definition) is 2. The summed E-state index contributed by atoms with van der Waals surface area (Å²) in [4.78, 5) is 17.2. The number of anilines is 2. The summed E-state index contributed by atoms with van der Waals surface area (Å²) in [5, 5.41) is 3.11. The fourth-order valence-electron chi connectivity index (χ4n) is 1.55. The van der Waals surface area contributed by atoms with Gasteiger partial charge in [-0.2, -0.15) is 0 Å². The molecule has 8 heteroatoms. The van der Waals surface area contributed by atoms with Crippen molar-refractivity contribution in [3.05, 3.63) is 40.9 Å². The van der Waals surface area contributed by atoms with Crippen LogP contribution in [-0.4, -0.2) is 25.6 Å². The molecule has 2 N–H and O–H groups in total. The van der Waals surface area contributed by atoms with Gasteiger partial charge in [0.25, 0.3) is 5.91 Å². The fraction of sp³-hybridized carbons (Fsp3) is 0.167. The van der Waals surface area contributed by atoms with E-state index in [9.17, 15) is 13.2 Å². The largest absolute Gasteiger partial charge is 0.298 e. The summed E-state index contributed by atoms with van der Waals surface area (Å²) >= 11 is 1.35. The maximum Gasteiger partial charge on any atom is 0.259 e. The molecule has 2 rings (SSSR count). The van der Waals surface area contributed by atoms with Crippen LogP contribution in [0.25, 0.3) is 0 Å². The molecule has 0 radical (unpaired) electrons. The van der Waals surface area contributed by atoms with Gasteiger partial charge < -0.3 is 0 Å². The number of rotatable bonds is 4. The second-order valence-corrected chi connectivity index (χ2v) is 7.13. The van der Waals surface area contributed by atoms with E-state index in [0.29, 0.717) is 5.13 Å². The first-order valence-electron chi connectivity index (χ1n) is 5.66. The summed E-state index contributed by atoms with van der Waals surface area (Å²) in [6.07, 6.45) is 2.69. The van der Waals surface area contributed by atoms with E-state index in [1.807, 2.05) is 6.92 Å². The SMILES string of the molecule is Cc1cnc(NC(=O)c2ccccc2NS(C)(=O)=O)s1. The van der Waals surface area contributed by atoms with Crippen molar-refractivity contribution < 1.29 is 13.2 Å². The first-order valence-corrected chi connectivity index (χ1v) is 8.36. The van der Waals surface area contributed by atoms with E-state index < -0.39 is 15.9 Å². The number of para-hydroxylation sites is 1. The monoisotopic (exact) mass is 311 g/mol. The molecular weight excluding hydrogens is 298 g/mol. The average Bonchev–Trinajstić information content (AvgIpc) is 2.73. The topological polar surface area (TPSA) is 88.2 Å². The maximum absolute atomic E-state index is 12.2. The van der Waals surface area contributed by atoms with Gasteiger partial charge in [0.15, 0.2) is 5.13 Å². The van der Waals surface area contributed by atoms with Gasteiger partial charge in [-0.1, -0.05) is 12.1 Å². The minimum absolute atomic E-state index is 0.237. The van der Waals surface area contributed by atoms with Crippen molar-refractivity contribution in [3.8, 4) is 0 Å². The van der Waals surface area contributed by atoms with E-state index >= 15 is 0 Å². The average molecular weight is 311 g/mol. The smallest absolute Gasteiger partial charge is 0.259 e. The van der Waals surface area contributed by atoms with Gasteiger partial charge in [-0.3, -0.25) is 14.8 Å². The molecule has 1 amide bonds. The Kier molecular flexibility index (Phi) is 4.05. The number of amides is 1. The zero-order valence-electron chi connectivity index (χ0n) is 10.9. The summed E-state index contributed by atoms with van der Waals surface area (Å²) in [6.45, 7) is 1.88. The van der Waals surface area contributed by atoms with E-state index in [2.05, 4.69) is 15.0 Å². The van der Waals surface area contributed by atoms with E-state index in [1.165, 1.54) is 17.4 Å². The van der Waals surface area contributed by atoms with Crippen LogP contribution in [0.5, 0.6) is 0 Å². The number of sulfonamides is 1. The van der Waals surface area contributed by atoms with Crippen LogP contribution < -0.4 is 10.0 Å². The zero-order valence-corrected chi connectivity index (χ0v) is 12.5. The van der Waals surface area contributed by atoms with E-state index in [-0.39, 0.29) is 11.3 Å². The summed E-state index contributed by atoms with van der Waals surface area (Å²) in [6, 6.07) is 6.39. The molecule has 0 atom stereocenters. The molecular formula is C12H13N3O3S2. The maximum atomic E-state index is 12.2. The molecule has 0 aliphatic carbocycles. The number of hydrogen-bond acceptors (Lipinski definition) is 5. The highest BCUT2D eigenvalue weighted by molar-refractivity contribution is 7.92. The Morgan fingerprint density at radius 1 is 1.30 bits per heavy atom. The Morgan fingerprint density at radius 3 is 2.60 bits per heavy atom. The van der Waals surface area contributed by atoms with Gasteiger partial charge in [0, 0.05) is 11.1 Å². The summed E-state index contributed by atoms with van der Waals surface area (Å²) in [5.74, 6) is -0.411. The molecule has 0 bridgehead atoms. The predicted octanol–water partition coefficient (Wildman–Crippen LogP) is 2.08. The molecule has 1 heterocycles. The molecule has 1 aromatic carbocycles. The van der Waals surface area contributed by atoms with E-state index in [0.717, 1.165) is 11.1 Å². The van der Waals surface area contributed by atoms with Crippen molar-refractivity contribution >= 4 is 38.1 Å². The number of thiazole rings is 1. The molecule has 0 fully saturated rings. The third-order valence-electron chi connectivity index (χ3n) is 2.31. The van der Waals surface area contributed by atoms with Crippen molar-refractivity contribution in [2.45, 2.75) is 6.92 Å². The number of nitrogens with one attached hydrogen (secondary N) is 2. The molecule has 0 saturated carbocycles. The van der Waals surface area contributed by atoms with Gasteiger partial charge in [-0.25, -0.2) is 13.4 Å². The van der Waals surface area contributed by atoms with Crippen molar-refractivity contribution in [2.24, 2.45) is 0 Å². The third kappa shape index (κ3) is 3.78. The number of benzene rings is 1. The van der Waals surface area contributed by atoms with Crippen molar-refractivity contribution in [2.75, 3.05) is 16.3 Å². The number of nitrogens with zero attached hydrogens (tertiary/aromatic N) is 1. The molecule has 6 nitrogen and oxygen atoms in total. The lowest BCUT2D eigenvalue weighted by Crippen LogP contribution is -2.17. The van der Waals surface area contributed by atoms with Gasteiger partial charge in [-0.15, -0.1) is 11.3 Å². The minimum Gasteiger partial charge on any atom is -0.298 e. The second-order valence-electron chi connectivity index (χ2n) is 4.15. The molecule has 0 saturated heterocycles. The van der Waals surface area contributed by atoms with Crippen LogP contribution in [0.2, 0.25) is 0 Å². The molecule has 0 aliphatic rings. The van der Waals surface area contributed by atoms with Gasteiger partial charge in [-0.05, 0) is 19.1 Å². The minimum atomic E-state index is -3.44. The standard InChI is InChI=1S/C12H13N3O3S2/c1-8-7-13-12(19-8)14-11(16)9-5-3-4-6-10(9)15-20(2,17)18/h3-7,15H,1-2H3,(H,13,14,16). The van der Waals surface area contributed by atoms with Crippen LogP contribution in [-0.2, 0) is 10.0 Å². The number of aryl methyl sites for hydroxylation is 1.